The largest absolute Gasteiger partial charge is 0.340 e. The fraction of sp³-hybridized carbons (Fsp3) is 0.600. The van der Waals surface area contributed by atoms with Gasteiger partial charge >= 0.3 is 0 Å². The number of amides is 1. The minimum absolute atomic E-state index is 0.0654. The van der Waals surface area contributed by atoms with Crippen LogP contribution in [0.2, 0.25) is 0 Å². The topological polar surface area (TPSA) is 33.2 Å². The van der Waals surface area contributed by atoms with E-state index in [9.17, 15) is 4.79 Å². The van der Waals surface area contributed by atoms with Gasteiger partial charge in [0.2, 0.25) is 5.91 Å². The highest BCUT2D eigenvalue weighted by atomic mass is 35.5. The van der Waals surface area contributed by atoms with Crippen LogP contribution >= 0.6 is 22.9 Å². The number of rotatable bonds is 4. The summed E-state index contributed by atoms with van der Waals surface area (Å²) in [6.07, 6.45) is 0. The van der Waals surface area contributed by atoms with Gasteiger partial charge in [0.25, 0.3) is 0 Å². The fourth-order valence-electron chi connectivity index (χ4n) is 1.24. The van der Waals surface area contributed by atoms with Gasteiger partial charge in [0.15, 0.2) is 0 Å². The van der Waals surface area contributed by atoms with Crippen LogP contribution < -0.4 is 0 Å². The number of carbonyl (C=O) groups excluding carboxylic acids is 1. The van der Waals surface area contributed by atoms with Crippen LogP contribution in [0, 0.1) is 12.8 Å². The lowest BCUT2D eigenvalue weighted by Gasteiger charge is -2.18. The van der Waals surface area contributed by atoms with Crippen molar-refractivity contribution in [1.82, 2.24) is 9.88 Å². The van der Waals surface area contributed by atoms with E-state index in [2.05, 4.69) is 4.98 Å². The molecule has 0 bridgehead atoms. The third-order valence-electron chi connectivity index (χ3n) is 2.09. The molecule has 0 aromatic carbocycles. The Morgan fingerprint density at radius 1 is 1.73 bits per heavy atom. The molecule has 0 aliphatic carbocycles. The molecule has 0 radical (unpaired) electrons. The van der Waals surface area contributed by atoms with E-state index in [-0.39, 0.29) is 11.8 Å². The second-order valence-electron chi connectivity index (χ2n) is 3.61. The number of alkyl halides is 1. The highest BCUT2D eigenvalue weighted by molar-refractivity contribution is 7.09. The lowest BCUT2D eigenvalue weighted by molar-refractivity contribution is -0.133. The zero-order valence-electron chi connectivity index (χ0n) is 9.16. The molecule has 5 heteroatoms. The molecule has 0 aliphatic rings. The molecule has 15 heavy (non-hydrogen) atoms. The van der Waals surface area contributed by atoms with Crippen molar-refractivity contribution < 1.29 is 4.79 Å². The first kappa shape index (κ1) is 12.5. The fourth-order valence-corrected chi connectivity index (χ4v) is 1.98. The summed E-state index contributed by atoms with van der Waals surface area (Å²) < 4.78 is 0. The van der Waals surface area contributed by atoms with Crippen LogP contribution in [0.3, 0.4) is 0 Å². The average Bonchev–Trinajstić information content (AvgIpc) is 2.61. The molecule has 1 heterocycles. The summed E-state index contributed by atoms with van der Waals surface area (Å²) in [6, 6.07) is 0. The molecule has 1 amide bonds. The van der Waals surface area contributed by atoms with Crippen molar-refractivity contribution >= 4 is 28.8 Å². The summed E-state index contributed by atoms with van der Waals surface area (Å²) in [5, 5.41) is 3.00. The standard InChI is InChI=1S/C10H15ClN2OS/c1-7(4-11)10(14)13(3)5-9-6-15-8(2)12-9/h6-7H,4-5H2,1-3H3. The first-order valence-electron chi connectivity index (χ1n) is 4.76. The van der Waals surface area contributed by atoms with Gasteiger partial charge in [0.1, 0.15) is 0 Å². The van der Waals surface area contributed by atoms with Crippen molar-refractivity contribution in [3.63, 3.8) is 0 Å². The van der Waals surface area contributed by atoms with Gasteiger partial charge < -0.3 is 4.90 Å². The van der Waals surface area contributed by atoms with E-state index < -0.39 is 0 Å². The van der Waals surface area contributed by atoms with Crippen LogP contribution in [0.4, 0.5) is 0 Å². The minimum Gasteiger partial charge on any atom is -0.340 e. The van der Waals surface area contributed by atoms with E-state index in [1.165, 1.54) is 0 Å². The first-order valence-corrected chi connectivity index (χ1v) is 6.18. The lowest BCUT2D eigenvalue weighted by Crippen LogP contribution is -2.32. The van der Waals surface area contributed by atoms with Crippen molar-refractivity contribution in [1.29, 1.82) is 0 Å². The Morgan fingerprint density at radius 2 is 2.40 bits per heavy atom. The number of aromatic nitrogens is 1. The van der Waals surface area contributed by atoms with E-state index >= 15 is 0 Å². The van der Waals surface area contributed by atoms with Crippen LogP contribution in [0.5, 0.6) is 0 Å². The minimum atomic E-state index is -0.128. The molecule has 0 aliphatic heterocycles. The zero-order chi connectivity index (χ0) is 11.4. The summed E-state index contributed by atoms with van der Waals surface area (Å²) in [5.74, 6) is 0.297. The predicted octanol–water partition coefficient (Wildman–Crippen LogP) is 2.28. The van der Waals surface area contributed by atoms with Crippen molar-refractivity contribution in [3.05, 3.63) is 16.1 Å². The van der Waals surface area contributed by atoms with Crippen molar-refractivity contribution in [2.75, 3.05) is 12.9 Å². The molecule has 0 saturated heterocycles. The molecule has 3 nitrogen and oxygen atoms in total. The molecule has 84 valence electrons. The van der Waals surface area contributed by atoms with E-state index in [1.54, 1.807) is 23.3 Å². The Labute approximate surface area is 99.1 Å². The van der Waals surface area contributed by atoms with Gasteiger partial charge in [0, 0.05) is 24.2 Å². The quantitative estimate of drug-likeness (QED) is 0.764. The zero-order valence-corrected chi connectivity index (χ0v) is 10.7. The molecule has 1 atom stereocenters. The summed E-state index contributed by atoms with van der Waals surface area (Å²) in [7, 11) is 1.78. The van der Waals surface area contributed by atoms with Crippen LogP contribution in [-0.4, -0.2) is 28.7 Å². The Balaban J connectivity index is 2.55. The van der Waals surface area contributed by atoms with Crippen LogP contribution in [0.15, 0.2) is 5.38 Å². The number of halogens is 1. The van der Waals surface area contributed by atoms with E-state index in [0.29, 0.717) is 12.4 Å². The highest BCUT2D eigenvalue weighted by Crippen LogP contribution is 2.11. The summed E-state index contributed by atoms with van der Waals surface area (Å²) in [5.41, 5.74) is 0.940. The van der Waals surface area contributed by atoms with Gasteiger partial charge in [0.05, 0.1) is 17.2 Å². The number of hydrogen-bond donors (Lipinski definition) is 0. The maximum Gasteiger partial charge on any atom is 0.226 e. The van der Waals surface area contributed by atoms with Crippen LogP contribution in [0.1, 0.15) is 17.6 Å². The highest BCUT2D eigenvalue weighted by Gasteiger charge is 2.17. The van der Waals surface area contributed by atoms with Crippen molar-refractivity contribution in [3.8, 4) is 0 Å². The molecule has 1 unspecified atom stereocenters. The summed E-state index contributed by atoms with van der Waals surface area (Å²) >= 11 is 7.23. The molecule has 0 N–H and O–H groups in total. The van der Waals surface area contributed by atoms with E-state index in [1.807, 2.05) is 19.2 Å². The second kappa shape index (κ2) is 5.47. The molecule has 1 rings (SSSR count). The van der Waals surface area contributed by atoms with Gasteiger partial charge in [-0.15, -0.1) is 22.9 Å². The number of aryl methyl sites for hydroxylation is 1. The average molecular weight is 247 g/mol. The Morgan fingerprint density at radius 3 is 2.87 bits per heavy atom. The van der Waals surface area contributed by atoms with E-state index in [0.717, 1.165) is 10.7 Å². The smallest absolute Gasteiger partial charge is 0.226 e. The van der Waals surface area contributed by atoms with Gasteiger partial charge in [-0.25, -0.2) is 4.98 Å². The third-order valence-corrected chi connectivity index (χ3v) is 3.38. The van der Waals surface area contributed by atoms with Crippen LogP contribution in [-0.2, 0) is 11.3 Å². The Bertz CT molecular complexity index is 340. The van der Waals surface area contributed by atoms with Gasteiger partial charge in [-0.3, -0.25) is 4.79 Å². The molecule has 0 saturated carbocycles. The maximum atomic E-state index is 11.7. The Kier molecular flexibility index (Phi) is 4.54. The number of thiazole rings is 1. The lowest BCUT2D eigenvalue weighted by atomic mass is 10.2. The van der Waals surface area contributed by atoms with Crippen LogP contribution in [0.25, 0.3) is 0 Å². The molecular formula is C10H15ClN2OS. The number of carbonyl (C=O) groups is 1. The predicted molar refractivity (Wildman–Crippen MR) is 63.2 cm³/mol. The SMILES string of the molecule is Cc1nc(CN(C)C(=O)C(C)CCl)cs1. The van der Waals surface area contributed by atoms with Crippen molar-refractivity contribution in [2.24, 2.45) is 5.92 Å². The molecule has 0 spiro atoms. The third kappa shape index (κ3) is 3.47. The molecule has 0 fully saturated rings. The molecule has 1 aromatic rings. The van der Waals surface area contributed by atoms with Crippen molar-refractivity contribution in [2.45, 2.75) is 20.4 Å². The molecular weight excluding hydrogens is 232 g/mol. The Hall–Kier alpha value is -0.610. The van der Waals surface area contributed by atoms with E-state index in [4.69, 9.17) is 11.6 Å². The summed E-state index contributed by atoms with van der Waals surface area (Å²) in [6.45, 7) is 4.35. The monoisotopic (exact) mass is 246 g/mol. The first-order chi connectivity index (χ1) is 7.04. The second-order valence-corrected chi connectivity index (χ2v) is 4.98. The molecule has 1 aromatic heterocycles. The van der Waals surface area contributed by atoms with Gasteiger partial charge in [-0.2, -0.15) is 0 Å². The van der Waals surface area contributed by atoms with Gasteiger partial charge in [-0.1, -0.05) is 6.92 Å². The maximum absolute atomic E-state index is 11.7. The number of nitrogens with zero attached hydrogens (tertiary/aromatic N) is 2. The number of hydrogen-bond acceptors (Lipinski definition) is 3. The summed E-state index contributed by atoms with van der Waals surface area (Å²) in [4.78, 5) is 17.7. The van der Waals surface area contributed by atoms with Gasteiger partial charge in [-0.05, 0) is 6.92 Å². The normalized spacial score (nSPS) is 12.5.